The third-order valence-electron chi connectivity index (χ3n) is 2.74. The van der Waals surface area contributed by atoms with Crippen molar-refractivity contribution >= 4 is 11.9 Å². The molecule has 0 spiro atoms. The van der Waals surface area contributed by atoms with Gasteiger partial charge in [0.25, 0.3) is 5.91 Å². The number of rotatable bonds is 7. The normalized spacial score (nSPS) is 13.0. The first-order valence-electron chi connectivity index (χ1n) is 6.75. The van der Waals surface area contributed by atoms with Gasteiger partial charge in [-0.15, -0.1) is 0 Å². The lowest BCUT2D eigenvalue weighted by Crippen LogP contribution is -2.45. The topological polar surface area (TPSA) is 73.9 Å². The van der Waals surface area contributed by atoms with Crippen molar-refractivity contribution in [1.82, 2.24) is 5.32 Å². The summed E-state index contributed by atoms with van der Waals surface area (Å²) >= 11 is 0. The summed E-state index contributed by atoms with van der Waals surface area (Å²) in [4.78, 5) is 23.4. The Kier molecular flexibility index (Phi) is 6.52. The minimum absolute atomic E-state index is 0.275. The minimum atomic E-state index is -0.727. The zero-order valence-electron chi connectivity index (χ0n) is 12.7. The molecule has 0 saturated heterocycles. The van der Waals surface area contributed by atoms with Crippen LogP contribution in [0.25, 0.3) is 0 Å². The molecule has 0 radical (unpaired) electrons. The molecule has 116 valence electrons. The van der Waals surface area contributed by atoms with E-state index < -0.39 is 18.1 Å². The van der Waals surface area contributed by atoms with E-state index in [1.54, 1.807) is 52.1 Å². The zero-order chi connectivity index (χ0) is 15.8. The molecule has 0 aromatic heterocycles. The summed E-state index contributed by atoms with van der Waals surface area (Å²) in [5.74, 6) is 0.395. The highest BCUT2D eigenvalue weighted by Crippen LogP contribution is 2.18. The highest BCUT2D eigenvalue weighted by molar-refractivity contribution is 5.86. The Morgan fingerprint density at radius 2 is 1.71 bits per heavy atom. The molecule has 0 heterocycles. The van der Waals surface area contributed by atoms with Crippen molar-refractivity contribution < 1.29 is 23.8 Å². The van der Waals surface area contributed by atoms with Gasteiger partial charge in [-0.1, -0.05) is 0 Å². The average molecular weight is 295 g/mol. The molecule has 1 rings (SSSR count). The van der Waals surface area contributed by atoms with Crippen molar-refractivity contribution in [3.05, 3.63) is 24.3 Å². The van der Waals surface area contributed by atoms with E-state index in [1.165, 1.54) is 0 Å². The van der Waals surface area contributed by atoms with Gasteiger partial charge in [0.2, 0.25) is 0 Å². The number of methoxy groups -OCH3 is 1. The fourth-order valence-corrected chi connectivity index (χ4v) is 1.57. The molecule has 2 atom stereocenters. The number of carbonyl (C=O) groups is 2. The maximum Gasteiger partial charge on any atom is 0.328 e. The van der Waals surface area contributed by atoms with Gasteiger partial charge in [-0.05, 0) is 45.0 Å². The Bertz CT molecular complexity index is 471. The van der Waals surface area contributed by atoms with Crippen LogP contribution >= 0.6 is 0 Å². The van der Waals surface area contributed by atoms with Gasteiger partial charge in [0, 0.05) is 0 Å². The molecular formula is C15H21NO5. The van der Waals surface area contributed by atoms with Crippen LogP contribution in [-0.2, 0) is 14.3 Å². The van der Waals surface area contributed by atoms with Crippen LogP contribution in [0.2, 0.25) is 0 Å². The van der Waals surface area contributed by atoms with Crippen LogP contribution < -0.4 is 14.8 Å². The lowest BCUT2D eigenvalue weighted by Gasteiger charge is -2.17. The van der Waals surface area contributed by atoms with E-state index >= 15 is 0 Å². The maximum absolute atomic E-state index is 11.9. The number of esters is 1. The van der Waals surface area contributed by atoms with E-state index in [0.717, 1.165) is 0 Å². The van der Waals surface area contributed by atoms with Gasteiger partial charge >= 0.3 is 5.97 Å². The first-order valence-corrected chi connectivity index (χ1v) is 6.75. The third kappa shape index (κ3) is 5.33. The molecule has 0 aliphatic carbocycles. The Labute approximate surface area is 124 Å². The molecule has 0 aliphatic rings. The fraction of sp³-hybridized carbons (Fsp3) is 0.467. The minimum Gasteiger partial charge on any atom is -0.497 e. The van der Waals surface area contributed by atoms with Gasteiger partial charge in [-0.25, -0.2) is 4.79 Å². The largest absolute Gasteiger partial charge is 0.497 e. The molecule has 1 aromatic carbocycles. The molecule has 0 aliphatic heterocycles. The quantitative estimate of drug-likeness (QED) is 0.772. The van der Waals surface area contributed by atoms with Crippen molar-refractivity contribution in [3.63, 3.8) is 0 Å². The Morgan fingerprint density at radius 3 is 2.24 bits per heavy atom. The molecule has 1 aromatic rings. The molecule has 6 heteroatoms. The first kappa shape index (κ1) is 16.8. The summed E-state index contributed by atoms with van der Waals surface area (Å²) in [6.07, 6.45) is -0.727. The summed E-state index contributed by atoms with van der Waals surface area (Å²) in [7, 11) is 1.57. The molecule has 1 N–H and O–H groups in total. The lowest BCUT2D eigenvalue weighted by atomic mass is 10.3. The van der Waals surface area contributed by atoms with E-state index in [4.69, 9.17) is 14.2 Å². The van der Waals surface area contributed by atoms with Gasteiger partial charge < -0.3 is 19.5 Å². The predicted octanol–water partition coefficient (Wildman–Crippen LogP) is 1.53. The fourth-order valence-electron chi connectivity index (χ4n) is 1.57. The Morgan fingerprint density at radius 1 is 1.14 bits per heavy atom. The number of hydrogen-bond donors (Lipinski definition) is 1. The number of nitrogens with one attached hydrogen (secondary N) is 1. The number of carbonyl (C=O) groups excluding carboxylic acids is 2. The molecule has 21 heavy (non-hydrogen) atoms. The molecule has 0 saturated carbocycles. The molecule has 1 amide bonds. The second-order valence-corrected chi connectivity index (χ2v) is 4.42. The van der Waals surface area contributed by atoms with Crippen LogP contribution in [0.4, 0.5) is 0 Å². The van der Waals surface area contributed by atoms with E-state index in [9.17, 15) is 9.59 Å². The van der Waals surface area contributed by atoms with Crippen LogP contribution in [0.5, 0.6) is 11.5 Å². The maximum atomic E-state index is 11.9. The highest BCUT2D eigenvalue weighted by atomic mass is 16.5. The second-order valence-electron chi connectivity index (χ2n) is 4.42. The molecule has 2 unspecified atom stereocenters. The number of benzene rings is 1. The van der Waals surface area contributed by atoms with E-state index in [1.807, 2.05) is 0 Å². The van der Waals surface area contributed by atoms with E-state index in [0.29, 0.717) is 11.5 Å². The molecular weight excluding hydrogens is 274 g/mol. The van der Waals surface area contributed by atoms with E-state index in [-0.39, 0.29) is 12.5 Å². The van der Waals surface area contributed by atoms with Crippen LogP contribution in [0.15, 0.2) is 24.3 Å². The van der Waals surface area contributed by atoms with Crippen LogP contribution in [0.1, 0.15) is 20.8 Å². The third-order valence-corrected chi connectivity index (χ3v) is 2.74. The summed E-state index contributed by atoms with van der Waals surface area (Å²) in [5, 5.41) is 2.54. The zero-order valence-corrected chi connectivity index (χ0v) is 12.7. The molecule has 0 fully saturated rings. The summed E-state index contributed by atoms with van der Waals surface area (Å²) in [6.45, 7) is 5.16. The average Bonchev–Trinajstić information content (AvgIpc) is 2.48. The van der Waals surface area contributed by atoms with Crippen molar-refractivity contribution in [2.24, 2.45) is 0 Å². The predicted molar refractivity (Wildman–Crippen MR) is 77.3 cm³/mol. The monoisotopic (exact) mass is 295 g/mol. The number of hydrogen-bond acceptors (Lipinski definition) is 5. The van der Waals surface area contributed by atoms with Crippen molar-refractivity contribution in [3.8, 4) is 11.5 Å². The number of ether oxygens (including phenoxy) is 3. The van der Waals surface area contributed by atoms with Crippen LogP contribution in [0, 0.1) is 0 Å². The van der Waals surface area contributed by atoms with Gasteiger partial charge in [0.05, 0.1) is 13.7 Å². The van der Waals surface area contributed by atoms with E-state index in [2.05, 4.69) is 5.32 Å². The van der Waals surface area contributed by atoms with Gasteiger partial charge in [0.1, 0.15) is 17.5 Å². The molecule has 6 nitrogen and oxygen atoms in total. The Balaban J connectivity index is 2.51. The van der Waals surface area contributed by atoms with Crippen LogP contribution in [-0.4, -0.2) is 37.7 Å². The summed E-state index contributed by atoms with van der Waals surface area (Å²) < 4.78 is 15.4. The SMILES string of the molecule is CCOC(=O)C(C)NC(=O)C(C)Oc1ccc(OC)cc1. The van der Waals surface area contributed by atoms with Gasteiger partial charge in [-0.2, -0.15) is 0 Å². The highest BCUT2D eigenvalue weighted by Gasteiger charge is 2.21. The standard InChI is InChI=1S/C15H21NO5/c1-5-20-15(18)10(2)16-14(17)11(3)21-13-8-6-12(19-4)7-9-13/h6-11H,5H2,1-4H3,(H,16,17). The first-order chi connectivity index (χ1) is 9.97. The molecule has 0 bridgehead atoms. The second kappa shape index (κ2) is 8.14. The number of amides is 1. The van der Waals surface area contributed by atoms with Crippen LogP contribution in [0.3, 0.4) is 0 Å². The summed E-state index contributed by atoms with van der Waals surface area (Å²) in [6, 6.07) is 6.18. The lowest BCUT2D eigenvalue weighted by molar-refractivity contribution is -0.147. The van der Waals surface area contributed by atoms with Crippen molar-refractivity contribution in [1.29, 1.82) is 0 Å². The van der Waals surface area contributed by atoms with Crippen molar-refractivity contribution in [2.45, 2.75) is 32.9 Å². The van der Waals surface area contributed by atoms with Gasteiger partial charge in [0.15, 0.2) is 6.10 Å². The van der Waals surface area contributed by atoms with Gasteiger partial charge in [-0.3, -0.25) is 4.79 Å². The Hall–Kier alpha value is -2.24. The smallest absolute Gasteiger partial charge is 0.328 e. The van der Waals surface area contributed by atoms with Crippen molar-refractivity contribution in [2.75, 3.05) is 13.7 Å². The summed E-state index contributed by atoms with van der Waals surface area (Å²) in [5.41, 5.74) is 0.